The van der Waals surface area contributed by atoms with E-state index in [2.05, 4.69) is 25.3 Å². The van der Waals surface area contributed by atoms with Crippen LogP contribution >= 0.6 is 25.3 Å². The van der Waals surface area contributed by atoms with Gasteiger partial charge in [-0.3, -0.25) is 0 Å². The van der Waals surface area contributed by atoms with Crippen molar-refractivity contribution in [3.8, 4) is 12.1 Å². The zero-order valence-electron chi connectivity index (χ0n) is 7.79. The van der Waals surface area contributed by atoms with Crippen molar-refractivity contribution in [1.82, 2.24) is 0 Å². The molecule has 2 nitrogen and oxygen atoms in total. The smallest absolute Gasteiger partial charge is 1.00 e. The Hall–Kier alpha value is 2.69. The summed E-state index contributed by atoms with van der Waals surface area (Å²) in [7, 11) is 0. The van der Waals surface area contributed by atoms with Crippen LogP contribution in [0.25, 0.3) is 0 Å². The van der Waals surface area contributed by atoms with Gasteiger partial charge in [0, 0.05) is 0 Å². The van der Waals surface area contributed by atoms with Gasteiger partial charge in [-0.25, -0.2) is 0 Å². The summed E-state index contributed by atoms with van der Waals surface area (Å²) in [6, 6.07) is 3.23. The molecule has 0 rings (SSSR count). The molecule has 0 aliphatic rings. The van der Waals surface area contributed by atoms with E-state index in [-0.39, 0.29) is 115 Å². The van der Waals surface area contributed by atoms with E-state index in [1.807, 2.05) is 0 Å². The first-order valence-electron chi connectivity index (χ1n) is 1.64. The average molecular weight is 222 g/mol. The summed E-state index contributed by atoms with van der Waals surface area (Å²) in [6.45, 7) is 0. The Morgan fingerprint density at radius 2 is 1.40 bits per heavy atom. The minimum atomic E-state index is -0.0586. The fourth-order valence-corrected chi connectivity index (χ4v) is 0.325. The van der Waals surface area contributed by atoms with E-state index in [1.165, 1.54) is 0 Å². The zero-order valence-corrected chi connectivity index (χ0v) is 13.8. The first kappa shape index (κ1) is 18.5. The molecule has 0 saturated heterocycles. The van der Waals surface area contributed by atoms with Gasteiger partial charge in [-0.1, -0.05) is 0 Å². The summed E-state index contributed by atoms with van der Waals surface area (Å²) in [4.78, 5) is 0. The molecule has 0 aromatic carbocycles. The van der Waals surface area contributed by atoms with Crippen LogP contribution in [0.2, 0.25) is 0 Å². The minimum Gasteiger partial charge on any atom is -1.00 e. The molecule has 0 amide bonds. The van der Waals surface area contributed by atoms with Crippen molar-refractivity contribution in [2.75, 3.05) is 0 Å². The van der Waals surface area contributed by atoms with Gasteiger partial charge in [-0.05, 0) is 0 Å². The molecule has 0 N–H and O–H groups in total. The maximum Gasteiger partial charge on any atom is 1.00 e. The van der Waals surface area contributed by atoms with Gasteiger partial charge in [-0.15, -0.1) is 25.3 Å². The molecule has 0 atom stereocenters. The van der Waals surface area contributed by atoms with Crippen molar-refractivity contribution in [3.63, 3.8) is 0 Å². The monoisotopic (exact) mass is 222 g/mol. The second kappa shape index (κ2) is 11.7. The molecule has 0 aromatic rings. The van der Waals surface area contributed by atoms with Gasteiger partial charge in [0.25, 0.3) is 0 Å². The van der Waals surface area contributed by atoms with Crippen LogP contribution in [0.5, 0.6) is 0 Å². The minimum absolute atomic E-state index is 0. The Morgan fingerprint density at radius 3 is 1.40 bits per heavy atom. The molecule has 0 bridgehead atoms. The van der Waals surface area contributed by atoms with Crippen molar-refractivity contribution in [3.05, 3.63) is 9.81 Å². The van der Waals surface area contributed by atoms with E-state index in [4.69, 9.17) is 10.5 Å². The fourth-order valence-electron chi connectivity index (χ4n) is 0.125. The summed E-state index contributed by atoms with van der Waals surface area (Å²) in [5.74, 6) is 0. The van der Waals surface area contributed by atoms with E-state index >= 15 is 0 Å². The summed E-state index contributed by atoms with van der Waals surface area (Å²) in [5, 5.41) is 16.1. The number of thiol groups is 2. The molecule has 44 valence electrons. The van der Waals surface area contributed by atoms with Gasteiger partial charge in [0.15, 0.2) is 0 Å². The SMILES string of the molecule is N#CC(C#N)=C(S)S.[H-].[H-].[K+].[K+]. The standard InChI is InChI=1S/C4H2N2S2.2K.2H/c5-1-3(2-6)4(7)8;;;;/h7-8H;;;;/q;2*+1;2*-1. The molecule has 0 radical (unpaired) electrons. The van der Waals surface area contributed by atoms with Gasteiger partial charge < -0.3 is 2.85 Å². The van der Waals surface area contributed by atoms with Crippen molar-refractivity contribution >= 4 is 25.3 Å². The number of allylic oxidation sites excluding steroid dienone is 1. The van der Waals surface area contributed by atoms with Crippen LogP contribution in [0, 0.1) is 22.7 Å². The molecular weight excluding hydrogens is 218 g/mol. The Bertz CT molecular complexity index is 188. The second-order valence-electron chi connectivity index (χ2n) is 0.922. The molecule has 0 unspecified atom stereocenters. The van der Waals surface area contributed by atoms with Crippen LogP contribution in [0.4, 0.5) is 0 Å². The van der Waals surface area contributed by atoms with Crippen LogP contribution < -0.4 is 103 Å². The van der Waals surface area contributed by atoms with Crippen LogP contribution in [-0.4, -0.2) is 0 Å². The van der Waals surface area contributed by atoms with Crippen molar-refractivity contribution in [1.29, 1.82) is 10.5 Å². The molecule has 10 heavy (non-hydrogen) atoms. The zero-order chi connectivity index (χ0) is 6.57. The van der Waals surface area contributed by atoms with Crippen molar-refractivity contribution in [2.45, 2.75) is 0 Å². The Balaban J connectivity index is -0.0000000408. The molecular formula is C4H4K2N2S2. The van der Waals surface area contributed by atoms with Gasteiger partial charge in [-0.2, -0.15) is 10.5 Å². The number of hydrogen-bond donors (Lipinski definition) is 2. The summed E-state index contributed by atoms with van der Waals surface area (Å²) in [6.07, 6.45) is 0. The normalized spacial score (nSPS) is 5.20. The number of nitrogens with zero attached hydrogens (tertiary/aromatic N) is 2. The Labute approximate surface area is 159 Å². The first-order chi connectivity index (χ1) is 3.72. The van der Waals surface area contributed by atoms with Crippen molar-refractivity contribution < 1.29 is 106 Å². The molecule has 0 saturated carbocycles. The molecule has 6 heteroatoms. The molecule has 0 aliphatic carbocycles. The predicted octanol–water partition coefficient (Wildman–Crippen LogP) is -4.66. The van der Waals surface area contributed by atoms with Gasteiger partial charge in [0.2, 0.25) is 0 Å². The maximum absolute atomic E-state index is 8.07. The van der Waals surface area contributed by atoms with E-state index in [9.17, 15) is 0 Å². The van der Waals surface area contributed by atoms with E-state index < -0.39 is 0 Å². The summed E-state index contributed by atoms with van der Waals surface area (Å²) < 4.78 is 0.162. The molecule has 0 aliphatic heterocycles. The van der Waals surface area contributed by atoms with Crippen LogP contribution in [0.1, 0.15) is 2.85 Å². The number of rotatable bonds is 0. The second-order valence-corrected chi connectivity index (χ2v) is 2.17. The third-order valence-electron chi connectivity index (χ3n) is 0.447. The molecule has 0 heterocycles. The van der Waals surface area contributed by atoms with E-state index in [0.717, 1.165) is 0 Å². The third kappa shape index (κ3) is 8.79. The third-order valence-corrected chi connectivity index (χ3v) is 0.894. The van der Waals surface area contributed by atoms with Gasteiger partial charge >= 0.3 is 103 Å². The van der Waals surface area contributed by atoms with Crippen LogP contribution in [0.3, 0.4) is 0 Å². The summed E-state index contributed by atoms with van der Waals surface area (Å²) >= 11 is 7.30. The number of hydrogen-bond acceptors (Lipinski definition) is 4. The predicted molar refractivity (Wildman–Crippen MR) is 38.4 cm³/mol. The molecule has 0 spiro atoms. The van der Waals surface area contributed by atoms with Crippen molar-refractivity contribution in [2.24, 2.45) is 0 Å². The largest absolute Gasteiger partial charge is 1.00 e. The quantitative estimate of drug-likeness (QED) is 0.246. The average Bonchev–Trinajstić information content (AvgIpc) is 1.69. The van der Waals surface area contributed by atoms with Crippen LogP contribution in [0.15, 0.2) is 9.81 Å². The maximum atomic E-state index is 8.07. The first-order valence-corrected chi connectivity index (χ1v) is 2.54. The number of nitriles is 2. The Morgan fingerprint density at radius 1 is 1.10 bits per heavy atom. The molecule has 0 aromatic heterocycles. The van der Waals surface area contributed by atoms with Gasteiger partial charge in [0.05, 0.1) is 4.24 Å². The fraction of sp³-hybridized carbons (Fsp3) is 0. The Kier molecular flexibility index (Phi) is 21.6. The van der Waals surface area contributed by atoms with Crippen LogP contribution in [-0.2, 0) is 0 Å². The van der Waals surface area contributed by atoms with Gasteiger partial charge in [0.1, 0.15) is 17.7 Å². The van der Waals surface area contributed by atoms with E-state index in [0.29, 0.717) is 0 Å². The van der Waals surface area contributed by atoms with E-state index in [1.54, 1.807) is 12.1 Å². The topological polar surface area (TPSA) is 47.6 Å². The molecule has 0 fully saturated rings. The summed E-state index contributed by atoms with van der Waals surface area (Å²) in [5.41, 5.74) is -0.0586.